The number of carbonyl (C=O) groups is 3. The molecule has 0 unspecified atom stereocenters. The highest BCUT2D eigenvalue weighted by Crippen LogP contribution is 2.28. The van der Waals surface area contributed by atoms with Gasteiger partial charge in [-0.25, -0.2) is 4.79 Å². The van der Waals surface area contributed by atoms with Crippen molar-refractivity contribution in [3.05, 3.63) is 60.2 Å². The van der Waals surface area contributed by atoms with Crippen molar-refractivity contribution in [1.82, 2.24) is 10.2 Å². The Balaban J connectivity index is 1.58. The fourth-order valence-corrected chi connectivity index (χ4v) is 4.35. The number of fused-ring (bicyclic) bond motifs is 2. The summed E-state index contributed by atoms with van der Waals surface area (Å²) in [7, 11) is 0. The quantitative estimate of drug-likeness (QED) is 0.786. The Bertz CT molecular complexity index is 984. The number of carboxylic acid groups (broad SMARTS) is 1. The van der Waals surface area contributed by atoms with Crippen molar-refractivity contribution in [3.63, 3.8) is 0 Å². The molecule has 6 heteroatoms. The van der Waals surface area contributed by atoms with Gasteiger partial charge in [0.2, 0.25) is 5.91 Å². The maximum absolute atomic E-state index is 13.2. The molecular weight excluding hydrogens is 368 g/mol. The standard InChI is InChI=1S/C23H24N2O4/c26-21(17-13-12-15-6-1-2-7-16(15)14-17)24-19-10-4-3-8-18-9-5-11-20(23(28)29)25(18)22(19)27/h1-4,6-7,12-14,18-20H,5,8-11H2,(H,24,26)(H,28,29)/b4-3-/t18-,19-,20-/m0/s1. The van der Waals surface area contributed by atoms with Crippen molar-refractivity contribution in [2.75, 3.05) is 0 Å². The smallest absolute Gasteiger partial charge is 0.326 e. The van der Waals surface area contributed by atoms with Crippen LogP contribution in [0.4, 0.5) is 0 Å². The molecule has 150 valence electrons. The average Bonchev–Trinajstić information content (AvgIpc) is 2.73. The van der Waals surface area contributed by atoms with Gasteiger partial charge in [0.15, 0.2) is 0 Å². The van der Waals surface area contributed by atoms with E-state index in [-0.39, 0.29) is 17.9 Å². The van der Waals surface area contributed by atoms with Crippen LogP contribution < -0.4 is 5.32 Å². The van der Waals surface area contributed by atoms with Crippen LogP contribution in [-0.2, 0) is 9.59 Å². The van der Waals surface area contributed by atoms with Crippen molar-refractivity contribution in [2.45, 2.75) is 50.2 Å². The molecule has 2 aromatic carbocycles. The van der Waals surface area contributed by atoms with E-state index in [0.717, 1.165) is 23.6 Å². The molecule has 29 heavy (non-hydrogen) atoms. The van der Waals surface area contributed by atoms with E-state index in [0.29, 0.717) is 24.8 Å². The van der Waals surface area contributed by atoms with Gasteiger partial charge >= 0.3 is 5.97 Å². The molecule has 2 aliphatic heterocycles. The van der Waals surface area contributed by atoms with Crippen LogP contribution in [0.5, 0.6) is 0 Å². The summed E-state index contributed by atoms with van der Waals surface area (Å²) in [5.41, 5.74) is 0.479. The predicted molar refractivity (Wildman–Crippen MR) is 109 cm³/mol. The predicted octanol–water partition coefficient (Wildman–Crippen LogP) is 3.12. The molecule has 0 bridgehead atoms. The monoisotopic (exact) mass is 392 g/mol. The van der Waals surface area contributed by atoms with E-state index in [2.05, 4.69) is 5.32 Å². The second-order valence-electron chi connectivity index (χ2n) is 7.72. The van der Waals surface area contributed by atoms with E-state index in [4.69, 9.17) is 0 Å². The molecular formula is C23H24N2O4. The minimum absolute atomic E-state index is 0.131. The van der Waals surface area contributed by atoms with Crippen LogP contribution in [0.1, 0.15) is 42.5 Å². The van der Waals surface area contributed by atoms with Gasteiger partial charge in [0.1, 0.15) is 12.1 Å². The molecule has 0 radical (unpaired) electrons. The molecule has 3 atom stereocenters. The number of nitrogens with zero attached hydrogens (tertiary/aromatic N) is 1. The summed E-state index contributed by atoms with van der Waals surface area (Å²) >= 11 is 0. The summed E-state index contributed by atoms with van der Waals surface area (Å²) in [6.07, 6.45) is 6.92. The summed E-state index contributed by atoms with van der Waals surface area (Å²) in [4.78, 5) is 39.3. The van der Waals surface area contributed by atoms with E-state index in [1.54, 1.807) is 12.1 Å². The van der Waals surface area contributed by atoms with Gasteiger partial charge in [0, 0.05) is 11.6 Å². The minimum Gasteiger partial charge on any atom is -0.480 e. The third-order valence-corrected chi connectivity index (χ3v) is 5.85. The van der Waals surface area contributed by atoms with Gasteiger partial charge in [-0.15, -0.1) is 0 Å². The Hall–Kier alpha value is -3.15. The lowest BCUT2D eigenvalue weighted by Crippen LogP contribution is -2.59. The molecule has 2 aliphatic rings. The molecule has 2 amide bonds. The van der Waals surface area contributed by atoms with Crippen molar-refractivity contribution >= 4 is 28.6 Å². The molecule has 2 heterocycles. The maximum atomic E-state index is 13.2. The first-order chi connectivity index (χ1) is 14.0. The van der Waals surface area contributed by atoms with Crippen molar-refractivity contribution in [1.29, 1.82) is 0 Å². The third kappa shape index (κ3) is 3.88. The Morgan fingerprint density at radius 2 is 1.76 bits per heavy atom. The van der Waals surface area contributed by atoms with Crippen LogP contribution in [0, 0.1) is 0 Å². The molecule has 4 rings (SSSR count). The molecule has 0 spiro atoms. The second-order valence-corrected chi connectivity index (χ2v) is 7.72. The number of carbonyl (C=O) groups excluding carboxylic acids is 2. The van der Waals surface area contributed by atoms with Crippen molar-refractivity contribution < 1.29 is 19.5 Å². The highest BCUT2D eigenvalue weighted by atomic mass is 16.4. The van der Waals surface area contributed by atoms with E-state index in [1.165, 1.54) is 4.90 Å². The fourth-order valence-electron chi connectivity index (χ4n) is 4.35. The molecule has 0 saturated carbocycles. The van der Waals surface area contributed by atoms with Gasteiger partial charge in [-0.05, 0) is 55.0 Å². The number of hydrogen-bond acceptors (Lipinski definition) is 3. The number of benzene rings is 2. The van der Waals surface area contributed by atoms with Crippen LogP contribution in [-0.4, -0.2) is 45.9 Å². The zero-order chi connectivity index (χ0) is 20.4. The van der Waals surface area contributed by atoms with Gasteiger partial charge in [-0.2, -0.15) is 0 Å². The van der Waals surface area contributed by atoms with E-state index in [1.807, 2.05) is 42.5 Å². The van der Waals surface area contributed by atoms with Crippen molar-refractivity contribution in [3.8, 4) is 0 Å². The highest BCUT2D eigenvalue weighted by Gasteiger charge is 2.41. The van der Waals surface area contributed by atoms with Crippen LogP contribution in [0.2, 0.25) is 0 Å². The molecule has 0 aliphatic carbocycles. The lowest BCUT2D eigenvalue weighted by atomic mass is 9.90. The number of rotatable bonds is 3. The molecule has 0 aromatic heterocycles. The summed E-state index contributed by atoms with van der Waals surface area (Å²) in [6, 6.07) is 11.5. The number of carboxylic acids is 1. The fraction of sp³-hybridized carbons (Fsp3) is 0.348. The minimum atomic E-state index is -0.979. The van der Waals surface area contributed by atoms with Gasteiger partial charge in [0.05, 0.1) is 0 Å². The Kier molecular flexibility index (Phi) is 5.34. The van der Waals surface area contributed by atoms with Gasteiger partial charge in [0.25, 0.3) is 5.91 Å². The normalized spacial score (nSPS) is 25.6. The first kappa shape index (κ1) is 19.2. The van der Waals surface area contributed by atoms with Gasteiger partial charge in [-0.1, -0.05) is 42.5 Å². The Morgan fingerprint density at radius 1 is 1.00 bits per heavy atom. The summed E-state index contributed by atoms with van der Waals surface area (Å²) < 4.78 is 0. The summed E-state index contributed by atoms with van der Waals surface area (Å²) in [6.45, 7) is 0. The average molecular weight is 392 g/mol. The Morgan fingerprint density at radius 3 is 2.55 bits per heavy atom. The van der Waals surface area contributed by atoms with Crippen molar-refractivity contribution in [2.24, 2.45) is 0 Å². The molecule has 2 aromatic rings. The van der Waals surface area contributed by atoms with Crippen LogP contribution >= 0.6 is 0 Å². The topological polar surface area (TPSA) is 86.7 Å². The van der Waals surface area contributed by atoms with E-state index in [9.17, 15) is 19.5 Å². The van der Waals surface area contributed by atoms with Crippen LogP contribution in [0.25, 0.3) is 10.8 Å². The molecule has 6 nitrogen and oxygen atoms in total. The lowest BCUT2D eigenvalue weighted by Gasteiger charge is -2.42. The largest absolute Gasteiger partial charge is 0.480 e. The van der Waals surface area contributed by atoms with Crippen LogP contribution in [0.15, 0.2) is 54.6 Å². The SMILES string of the molecule is O=C(N[C@H]1C/C=C\C[C@H]2CCC[C@@H](C(=O)O)N2C1=O)c1ccc2ccccc2c1. The molecule has 1 fully saturated rings. The molecule has 1 saturated heterocycles. The van der Waals surface area contributed by atoms with E-state index >= 15 is 0 Å². The first-order valence-electron chi connectivity index (χ1n) is 10.0. The van der Waals surface area contributed by atoms with Crippen LogP contribution in [0.3, 0.4) is 0 Å². The number of hydrogen-bond donors (Lipinski definition) is 2. The number of amides is 2. The zero-order valence-corrected chi connectivity index (χ0v) is 16.1. The van der Waals surface area contributed by atoms with E-state index < -0.39 is 18.1 Å². The zero-order valence-electron chi connectivity index (χ0n) is 16.1. The second kappa shape index (κ2) is 8.07. The highest BCUT2D eigenvalue weighted by molar-refractivity contribution is 6.01. The number of piperidine rings is 1. The number of nitrogens with one attached hydrogen (secondary N) is 1. The maximum Gasteiger partial charge on any atom is 0.326 e. The van der Waals surface area contributed by atoms with Gasteiger partial charge in [-0.3, -0.25) is 9.59 Å². The first-order valence-corrected chi connectivity index (χ1v) is 10.0. The lowest BCUT2D eigenvalue weighted by molar-refractivity contribution is -0.156. The third-order valence-electron chi connectivity index (χ3n) is 5.85. The van der Waals surface area contributed by atoms with Gasteiger partial charge < -0.3 is 15.3 Å². The Labute approximate surface area is 169 Å². The molecule has 2 N–H and O–H groups in total. The summed E-state index contributed by atoms with van der Waals surface area (Å²) in [5, 5.41) is 14.4. The number of aliphatic carboxylic acids is 1. The summed E-state index contributed by atoms with van der Waals surface area (Å²) in [5.74, 6) is -1.61.